The zero-order valence-corrected chi connectivity index (χ0v) is 19.6. The van der Waals surface area contributed by atoms with Crippen LogP contribution in [-0.2, 0) is 4.74 Å². The molecular weight excluding hydrogens is 416 g/mol. The highest BCUT2D eigenvalue weighted by Gasteiger charge is 2.16. The number of benzene rings is 2. The second-order valence-corrected chi connectivity index (χ2v) is 9.44. The fourth-order valence-corrected chi connectivity index (χ4v) is 5.06. The predicted octanol–water partition coefficient (Wildman–Crippen LogP) is 7.29. The average molecular weight is 447 g/mol. The Balaban J connectivity index is 1.49. The lowest BCUT2D eigenvalue weighted by atomic mass is 9.91. The third-order valence-corrected chi connectivity index (χ3v) is 6.88. The van der Waals surface area contributed by atoms with Crippen LogP contribution < -0.4 is 10.6 Å². The molecule has 5 heteroatoms. The van der Waals surface area contributed by atoms with Gasteiger partial charge in [-0.05, 0) is 85.5 Å². The lowest BCUT2D eigenvalue weighted by molar-refractivity contribution is 0.103. The Bertz CT molecular complexity index is 1110. The summed E-state index contributed by atoms with van der Waals surface area (Å²) in [5.41, 5.74) is 6.41. The summed E-state index contributed by atoms with van der Waals surface area (Å²) in [6.07, 6.45) is 5.11. The molecule has 1 amide bonds. The van der Waals surface area contributed by atoms with Crippen LogP contribution >= 0.6 is 11.3 Å². The Labute approximate surface area is 194 Å². The Morgan fingerprint density at radius 2 is 2.00 bits per heavy atom. The van der Waals surface area contributed by atoms with Crippen LogP contribution in [0.2, 0.25) is 0 Å². The van der Waals surface area contributed by atoms with Gasteiger partial charge in [-0.15, -0.1) is 11.3 Å². The van der Waals surface area contributed by atoms with Gasteiger partial charge < -0.3 is 15.4 Å². The molecule has 0 bridgehead atoms. The van der Waals surface area contributed by atoms with Crippen molar-refractivity contribution in [3.8, 4) is 0 Å². The summed E-state index contributed by atoms with van der Waals surface area (Å²) >= 11 is 1.46. The first kappa shape index (κ1) is 22.3. The van der Waals surface area contributed by atoms with Crippen molar-refractivity contribution in [3.05, 3.63) is 82.2 Å². The van der Waals surface area contributed by atoms with E-state index in [1.165, 1.54) is 22.5 Å². The predicted molar refractivity (Wildman–Crippen MR) is 135 cm³/mol. The van der Waals surface area contributed by atoms with Gasteiger partial charge in [0.15, 0.2) is 0 Å². The molecular formula is C27H30N2O2S. The van der Waals surface area contributed by atoms with Gasteiger partial charge in [-0.2, -0.15) is 0 Å². The molecule has 2 aromatic carbocycles. The number of carbonyl (C=O) groups excluding carboxylic acids is 1. The van der Waals surface area contributed by atoms with Crippen molar-refractivity contribution >= 4 is 39.7 Å². The zero-order valence-electron chi connectivity index (χ0n) is 18.7. The van der Waals surface area contributed by atoms with Crippen LogP contribution in [0.1, 0.15) is 57.1 Å². The van der Waals surface area contributed by atoms with Gasteiger partial charge in [0.25, 0.3) is 5.91 Å². The van der Waals surface area contributed by atoms with Gasteiger partial charge in [0.2, 0.25) is 0 Å². The Kier molecular flexibility index (Phi) is 7.08. The molecule has 1 saturated heterocycles. The van der Waals surface area contributed by atoms with Gasteiger partial charge in [0, 0.05) is 18.9 Å². The summed E-state index contributed by atoms with van der Waals surface area (Å²) in [7, 11) is 0. The largest absolute Gasteiger partial charge is 0.381 e. The van der Waals surface area contributed by atoms with Gasteiger partial charge in [-0.3, -0.25) is 4.79 Å². The number of amides is 1. The molecule has 4 nitrogen and oxygen atoms in total. The molecule has 0 spiro atoms. The first-order valence-electron chi connectivity index (χ1n) is 11.1. The molecule has 0 radical (unpaired) electrons. The molecule has 3 aromatic rings. The molecule has 1 aliphatic rings. The third kappa shape index (κ3) is 5.29. The van der Waals surface area contributed by atoms with E-state index in [1.54, 1.807) is 6.08 Å². The molecule has 1 aliphatic heterocycles. The summed E-state index contributed by atoms with van der Waals surface area (Å²) in [6.45, 7) is 9.67. The second-order valence-electron chi connectivity index (χ2n) is 8.36. The topological polar surface area (TPSA) is 50.4 Å². The minimum Gasteiger partial charge on any atom is -0.381 e. The smallest absolute Gasteiger partial charge is 0.265 e. The number of ether oxygens (including phenoxy) is 1. The Morgan fingerprint density at radius 3 is 2.84 bits per heavy atom. The standard InChI is InChI=1S/C27H30N2O2S/c1-4-20-8-5-7-19(3)26(20)29-27(30)24-10-11-25(32-24)28-23-16-18(2)15-22(17-23)21-9-6-13-31-14-12-21/h4-5,7-8,10-11,15-17,21,28H,1,6,9,12-14H2,2-3H3,(H,29,30). The lowest BCUT2D eigenvalue weighted by Crippen LogP contribution is -2.12. The van der Waals surface area contributed by atoms with Gasteiger partial charge in [-0.25, -0.2) is 0 Å². The second kappa shape index (κ2) is 10.2. The van der Waals surface area contributed by atoms with E-state index < -0.39 is 0 Å². The van der Waals surface area contributed by atoms with Gasteiger partial charge in [-0.1, -0.05) is 36.9 Å². The van der Waals surface area contributed by atoms with E-state index in [0.717, 1.165) is 60.0 Å². The number of hydrogen-bond acceptors (Lipinski definition) is 4. The maximum atomic E-state index is 12.9. The molecule has 1 aromatic heterocycles. The van der Waals surface area contributed by atoms with Crippen LogP contribution in [0.25, 0.3) is 6.08 Å². The molecule has 1 unspecified atom stereocenters. The highest BCUT2D eigenvalue weighted by molar-refractivity contribution is 7.18. The summed E-state index contributed by atoms with van der Waals surface area (Å²) < 4.78 is 5.63. The molecule has 0 aliphatic carbocycles. The van der Waals surface area contributed by atoms with Crippen LogP contribution in [0.3, 0.4) is 0 Å². The molecule has 2 N–H and O–H groups in total. The lowest BCUT2D eigenvalue weighted by Gasteiger charge is -2.16. The van der Waals surface area contributed by atoms with Crippen molar-refractivity contribution in [1.82, 2.24) is 0 Å². The third-order valence-electron chi connectivity index (χ3n) is 5.88. The normalized spacial score (nSPS) is 16.2. The van der Waals surface area contributed by atoms with E-state index in [2.05, 4.69) is 42.3 Å². The fraction of sp³-hybridized carbons (Fsp3) is 0.296. The summed E-state index contributed by atoms with van der Waals surface area (Å²) in [6, 6.07) is 16.4. The molecule has 166 valence electrons. The number of anilines is 3. The van der Waals surface area contributed by atoms with E-state index in [4.69, 9.17) is 4.74 Å². The van der Waals surface area contributed by atoms with Crippen molar-refractivity contribution in [1.29, 1.82) is 0 Å². The molecule has 4 rings (SSSR count). The van der Waals surface area contributed by atoms with E-state index in [9.17, 15) is 4.79 Å². The van der Waals surface area contributed by atoms with Crippen molar-refractivity contribution in [2.24, 2.45) is 0 Å². The van der Waals surface area contributed by atoms with Crippen LogP contribution in [0, 0.1) is 13.8 Å². The SMILES string of the molecule is C=Cc1cccc(C)c1NC(=O)c1ccc(Nc2cc(C)cc(C3CCCOCC3)c2)s1. The molecule has 1 fully saturated rings. The fourth-order valence-electron chi connectivity index (χ4n) is 4.23. The summed E-state index contributed by atoms with van der Waals surface area (Å²) in [4.78, 5) is 13.5. The zero-order chi connectivity index (χ0) is 22.5. The van der Waals surface area contributed by atoms with E-state index in [-0.39, 0.29) is 5.91 Å². The minimum absolute atomic E-state index is 0.108. The van der Waals surface area contributed by atoms with Crippen LogP contribution in [0.4, 0.5) is 16.4 Å². The highest BCUT2D eigenvalue weighted by Crippen LogP contribution is 2.33. The van der Waals surface area contributed by atoms with Crippen LogP contribution in [0.15, 0.2) is 55.1 Å². The van der Waals surface area contributed by atoms with Crippen LogP contribution in [0.5, 0.6) is 0 Å². The Morgan fingerprint density at radius 1 is 1.12 bits per heavy atom. The van der Waals surface area contributed by atoms with Crippen molar-refractivity contribution in [3.63, 3.8) is 0 Å². The number of hydrogen-bond donors (Lipinski definition) is 2. The number of thiophene rings is 1. The van der Waals surface area contributed by atoms with Crippen molar-refractivity contribution in [2.75, 3.05) is 23.8 Å². The number of carbonyl (C=O) groups is 1. The number of rotatable bonds is 6. The summed E-state index contributed by atoms with van der Waals surface area (Å²) in [5.74, 6) is 0.430. The van der Waals surface area contributed by atoms with E-state index in [0.29, 0.717) is 10.8 Å². The maximum Gasteiger partial charge on any atom is 0.265 e. The number of para-hydroxylation sites is 1. The molecule has 0 saturated carbocycles. The van der Waals surface area contributed by atoms with Crippen LogP contribution in [-0.4, -0.2) is 19.1 Å². The monoisotopic (exact) mass is 446 g/mol. The average Bonchev–Trinajstić information content (AvgIpc) is 3.06. The van der Waals surface area contributed by atoms with E-state index in [1.807, 2.05) is 37.3 Å². The minimum atomic E-state index is -0.108. The van der Waals surface area contributed by atoms with Crippen molar-refractivity contribution < 1.29 is 9.53 Å². The molecule has 32 heavy (non-hydrogen) atoms. The first-order valence-corrected chi connectivity index (χ1v) is 11.9. The highest BCUT2D eigenvalue weighted by atomic mass is 32.1. The maximum absolute atomic E-state index is 12.9. The number of aryl methyl sites for hydroxylation is 2. The van der Waals surface area contributed by atoms with E-state index >= 15 is 0 Å². The first-order chi connectivity index (χ1) is 15.5. The number of nitrogens with one attached hydrogen (secondary N) is 2. The van der Waals surface area contributed by atoms with Gasteiger partial charge in [0.1, 0.15) is 0 Å². The van der Waals surface area contributed by atoms with Gasteiger partial charge in [0.05, 0.1) is 15.6 Å². The molecule has 2 heterocycles. The summed E-state index contributed by atoms with van der Waals surface area (Å²) in [5, 5.41) is 7.50. The quantitative estimate of drug-likeness (QED) is 0.418. The van der Waals surface area contributed by atoms with Gasteiger partial charge >= 0.3 is 0 Å². The van der Waals surface area contributed by atoms with Crippen molar-refractivity contribution in [2.45, 2.75) is 39.0 Å². The molecule has 1 atom stereocenters. The Hall–Kier alpha value is -2.89.